The number of rotatable bonds is 6. The molecular weight excluding hydrogens is 266 g/mol. The number of hydrogen-bond acceptors (Lipinski definition) is 4. The second-order valence-corrected chi connectivity index (χ2v) is 5.75. The quantitative estimate of drug-likeness (QED) is 0.801. The lowest BCUT2D eigenvalue weighted by atomic mass is 9.97. The number of carbonyl (C=O) groups excluding carboxylic acids is 1. The lowest BCUT2D eigenvalue weighted by Gasteiger charge is -2.32. The lowest BCUT2D eigenvalue weighted by Crippen LogP contribution is -2.43. The second-order valence-electron chi connectivity index (χ2n) is 5.75. The molecule has 0 radical (unpaired) electrons. The molecule has 1 fully saturated rings. The van der Waals surface area contributed by atoms with Gasteiger partial charge in [0.25, 0.3) is 0 Å². The van der Waals surface area contributed by atoms with Crippen molar-refractivity contribution in [1.29, 1.82) is 0 Å². The summed E-state index contributed by atoms with van der Waals surface area (Å²) in [5.41, 5.74) is 7.73. The maximum atomic E-state index is 12.1. The van der Waals surface area contributed by atoms with Gasteiger partial charge in [0, 0.05) is 32.7 Å². The molecule has 2 rings (SSSR count). The molecule has 1 amide bonds. The van der Waals surface area contributed by atoms with E-state index in [4.69, 9.17) is 5.73 Å². The number of nitrogens with two attached hydrogens (primary N) is 1. The summed E-state index contributed by atoms with van der Waals surface area (Å²) < 4.78 is 2.05. The average molecular weight is 293 g/mol. The summed E-state index contributed by atoms with van der Waals surface area (Å²) in [4.78, 5) is 14.4. The molecule has 0 bridgehead atoms. The van der Waals surface area contributed by atoms with Gasteiger partial charge in [0.2, 0.25) is 5.91 Å². The zero-order valence-electron chi connectivity index (χ0n) is 13.1. The average Bonchev–Trinajstić information content (AvgIpc) is 2.84. The van der Waals surface area contributed by atoms with Crippen LogP contribution in [-0.4, -0.2) is 46.8 Å². The topological polar surface area (TPSA) is 76.2 Å². The van der Waals surface area contributed by atoms with Gasteiger partial charge in [0.15, 0.2) is 0 Å². The molecule has 1 saturated heterocycles. The van der Waals surface area contributed by atoms with Crippen LogP contribution in [0.4, 0.5) is 0 Å². The third-order valence-electron chi connectivity index (χ3n) is 3.99. The van der Waals surface area contributed by atoms with Crippen LogP contribution in [0.1, 0.15) is 31.2 Å². The third kappa shape index (κ3) is 4.28. The zero-order chi connectivity index (χ0) is 15.2. The van der Waals surface area contributed by atoms with E-state index >= 15 is 0 Å². The van der Waals surface area contributed by atoms with E-state index in [0.717, 1.165) is 44.7 Å². The van der Waals surface area contributed by atoms with Gasteiger partial charge in [-0.15, -0.1) is 0 Å². The van der Waals surface area contributed by atoms with Gasteiger partial charge in [-0.2, -0.15) is 5.10 Å². The minimum absolute atomic E-state index is 0.0874. The van der Waals surface area contributed by atoms with Gasteiger partial charge in [0.05, 0.1) is 17.3 Å². The van der Waals surface area contributed by atoms with E-state index in [1.165, 1.54) is 5.69 Å². The number of hydrogen-bond donors (Lipinski definition) is 2. The molecule has 0 spiro atoms. The minimum Gasteiger partial charge on any atom is -0.355 e. The highest BCUT2D eigenvalue weighted by molar-refractivity contribution is 5.78. The van der Waals surface area contributed by atoms with Crippen molar-refractivity contribution in [3.8, 4) is 0 Å². The van der Waals surface area contributed by atoms with Crippen molar-refractivity contribution in [3.63, 3.8) is 0 Å². The minimum atomic E-state index is 0.0874. The monoisotopic (exact) mass is 293 g/mol. The smallest absolute Gasteiger partial charge is 0.224 e. The summed E-state index contributed by atoms with van der Waals surface area (Å²) in [6, 6.07) is 2.14. The Morgan fingerprint density at radius 2 is 2.38 bits per heavy atom. The van der Waals surface area contributed by atoms with E-state index in [-0.39, 0.29) is 11.8 Å². The molecule has 1 aromatic heterocycles. The number of nitrogens with zero attached hydrogens (tertiary/aromatic N) is 3. The van der Waals surface area contributed by atoms with Crippen molar-refractivity contribution >= 4 is 5.91 Å². The summed E-state index contributed by atoms with van der Waals surface area (Å²) in [7, 11) is 0. The maximum absolute atomic E-state index is 12.1. The van der Waals surface area contributed by atoms with Crippen LogP contribution in [0.2, 0.25) is 0 Å². The van der Waals surface area contributed by atoms with E-state index in [9.17, 15) is 4.79 Å². The molecule has 2 heterocycles. The number of aryl methyl sites for hydroxylation is 2. The molecule has 1 aliphatic heterocycles. The SMILES string of the molecule is CCn1nc(C)cc1CN1CCCC(C(=O)NCCN)C1. The van der Waals surface area contributed by atoms with Crippen LogP contribution in [0.25, 0.3) is 0 Å². The van der Waals surface area contributed by atoms with Crippen molar-refractivity contribution < 1.29 is 4.79 Å². The first-order chi connectivity index (χ1) is 10.1. The Labute approximate surface area is 126 Å². The Balaban J connectivity index is 1.93. The number of carbonyl (C=O) groups is 1. The number of likely N-dealkylation sites (tertiary alicyclic amines) is 1. The summed E-state index contributed by atoms with van der Waals surface area (Å²) in [6.07, 6.45) is 2.04. The fourth-order valence-electron chi connectivity index (χ4n) is 2.98. The number of aromatic nitrogens is 2. The fraction of sp³-hybridized carbons (Fsp3) is 0.733. The number of nitrogens with one attached hydrogen (secondary N) is 1. The van der Waals surface area contributed by atoms with E-state index in [0.29, 0.717) is 13.1 Å². The van der Waals surface area contributed by atoms with Gasteiger partial charge in [0.1, 0.15) is 0 Å². The van der Waals surface area contributed by atoms with E-state index in [1.807, 2.05) is 11.6 Å². The Morgan fingerprint density at radius 3 is 3.10 bits per heavy atom. The van der Waals surface area contributed by atoms with Crippen molar-refractivity contribution in [1.82, 2.24) is 20.0 Å². The number of amides is 1. The Bertz CT molecular complexity index is 471. The van der Waals surface area contributed by atoms with Crippen LogP contribution in [0.5, 0.6) is 0 Å². The van der Waals surface area contributed by atoms with Gasteiger partial charge < -0.3 is 11.1 Å². The predicted molar refractivity (Wildman–Crippen MR) is 82.7 cm³/mol. The highest BCUT2D eigenvalue weighted by Gasteiger charge is 2.26. The van der Waals surface area contributed by atoms with Crippen LogP contribution < -0.4 is 11.1 Å². The molecular formula is C15H27N5O. The van der Waals surface area contributed by atoms with E-state index < -0.39 is 0 Å². The molecule has 3 N–H and O–H groups in total. The van der Waals surface area contributed by atoms with Crippen LogP contribution in [-0.2, 0) is 17.9 Å². The highest BCUT2D eigenvalue weighted by Crippen LogP contribution is 2.19. The van der Waals surface area contributed by atoms with Gasteiger partial charge in [-0.25, -0.2) is 0 Å². The molecule has 1 unspecified atom stereocenters. The van der Waals surface area contributed by atoms with Crippen molar-refractivity contribution in [2.45, 2.75) is 39.8 Å². The van der Waals surface area contributed by atoms with Crippen molar-refractivity contribution in [2.75, 3.05) is 26.2 Å². The van der Waals surface area contributed by atoms with Crippen LogP contribution in [0.3, 0.4) is 0 Å². The van der Waals surface area contributed by atoms with Crippen molar-refractivity contribution in [3.05, 3.63) is 17.5 Å². The van der Waals surface area contributed by atoms with Gasteiger partial charge in [-0.3, -0.25) is 14.4 Å². The first-order valence-electron chi connectivity index (χ1n) is 7.87. The summed E-state index contributed by atoms with van der Waals surface area (Å²) in [6.45, 7) is 8.82. The molecule has 0 saturated carbocycles. The third-order valence-corrected chi connectivity index (χ3v) is 3.99. The molecule has 6 heteroatoms. The Morgan fingerprint density at radius 1 is 1.57 bits per heavy atom. The molecule has 6 nitrogen and oxygen atoms in total. The first kappa shape index (κ1) is 16.0. The fourth-order valence-corrected chi connectivity index (χ4v) is 2.98. The lowest BCUT2D eigenvalue weighted by molar-refractivity contribution is -0.126. The standard InChI is InChI=1S/C15H27N5O/c1-3-20-14(9-12(2)18-20)11-19-8-4-5-13(10-19)15(21)17-7-6-16/h9,13H,3-8,10-11,16H2,1-2H3,(H,17,21). The molecule has 1 aromatic rings. The second kappa shape index (κ2) is 7.56. The van der Waals surface area contributed by atoms with Crippen LogP contribution >= 0.6 is 0 Å². The molecule has 1 aliphatic rings. The predicted octanol–water partition coefficient (Wildman–Crippen LogP) is 0.498. The van der Waals surface area contributed by atoms with Gasteiger partial charge in [-0.05, 0) is 39.3 Å². The zero-order valence-corrected chi connectivity index (χ0v) is 13.1. The molecule has 21 heavy (non-hydrogen) atoms. The molecule has 1 atom stereocenters. The number of piperidine rings is 1. The first-order valence-corrected chi connectivity index (χ1v) is 7.87. The maximum Gasteiger partial charge on any atom is 0.224 e. The Hall–Kier alpha value is -1.40. The Kier molecular flexibility index (Phi) is 5.76. The highest BCUT2D eigenvalue weighted by atomic mass is 16.1. The summed E-state index contributed by atoms with van der Waals surface area (Å²) >= 11 is 0. The van der Waals surface area contributed by atoms with E-state index in [1.54, 1.807) is 0 Å². The van der Waals surface area contributed by atoms with Crippen molar-refractivity contribution in [2.24, 2.45) is 11.7 Å². The van der Waals surface area contributed by atoms with Crippen LogP contribution in [0.15, 0.2) is 6.07 Å². The molecule has 118 valence electrons. The largest absolute Gasteiger partial charge is 0.355 e. The molecule has 0 aliphatic carbocycles. The molecule has 0 aromatic carbocycles. The normalized spacial score (nSPS) is 19.7. The summed E-state index contributed by atoms with van der Waals surface area (Å²) in [5, 5.41) is 7.39. The summed E-state index contributed by atoms with van der Waals surface area (Å²) in [5.74, 6) is 0.231. The van der Waals surface area contributed by atoms with Crippen LogP contribution in [0, 0.1) is 12.8 Å². The van der Waals surface area contributed by atoms with Gasteiger partial charge >= 0.3 is 0 Å². The van der Waals surface area contributed by atoms with E-state index in [2.05, 4.69) is 28.3 Å². The van der Waals surface area contributed by atoms with Gasteiger partial charge in [-0.1, -0.05) is 0 Å².